The van der Waals surface area contributed by atoms with Crippen LogP contribution in [0, 0.1) is 6.92 Å². The van der Waals surface area contributed by atoms with Crippen molar-refractivity contribution >= 4 is 34.5 Å². The van der Waals surface area contributed by atoms with Gasteiger partial charge in [0.15, 0.2) is 17.4 Å². The number of nitrogens with zero attached hydrogens (tertiary/aromatic N) is 5. The third-order valence-electron chi connectivity index (χ3n) is 5.04. The number of fused-ring (bicyclic) bond motifs is 1. The number of thioether (sulfide) groups is 1. The summed E-state index contributed by atoms with van der Waals surface area (Å²) in [6.45, 7) is 7.95. The molecule has 3 heterocycles. The maximum absolute atomic E-state index is 12.2. The summed E-state index contributed by atoms with van der Waals surface area (Å²) in [4.78, 5) is 23.9. The van der Waals surface area contributed by atoms with E-state index in [0.717, 1.165) is 46.4 Å². The first kappa shape index (κ1) is 22.3. The molecule has 0 spiro atoms. The van der Waals surface area contributed by atoms with E-state index in [1.165, 1.54) is 0 Å². The standard InChI is InChI=1S/C22H28N6O3S/c1-3-32-22-25-20(27-9-11-30-12-10-27)18-14-24-28(21(18)26-22)8-7-23-19(29)15-31-17-6-4-5-16(2)13-17/h4-6,13-14H,3,7-12,15H2,1-2H3,(H,23,29). The summed E-state index contributed by atoms with van der Waals surface area (Å²) in [6.07, 6.45) is 1.81. The Balaban J connectivity index is 1.40. The summed E-state index contributed by atoms with van der Waals surface area (Å²) in [7, 11) is 0. The molecule has 3 aromatic rings. The van der Waals surface area contributed by atoms with Gasteiger partial charge in [-0.15, -0.1) is 0 Å². The van der Waals surface area contributed by atoms with Crippen LogP contribution in [0.25, 0.3) is 11.0 Å². The fourth-order valence-corrected chi connectivity index (χ4v) is 4.06. The average molecular weight is 457 g/mol. The highest BCUT2D eigenvalue weighted by molar-refractivity contribution is 7.99. The maximum atomic E-state index is 12.2. The molecule has 4 rings (SSSR count). The van der Waals surface area contributed by atoms with E-state index in [1.54, 1.807) is 11.8 Å². The molecule has 0 radical (unpaired) electrons. The number of ether oxygens (including phenoxy) is 2. The number of hydrogen-bond donors (Lipinski definition) is 1. The molecule has 1 aromatic carbocycles. The summed E-state index contributed by atoms with van der Waals surface area (Å²) in [5, 5.41) is 9.06. The third kappa shape index (κ3) is 5.49. The zero-order chi connectivity index (χ0) is 22.3. The Kier molecular flexibility index (Phi) is 7.43. The number of hydrogen-bond acceptors (Lipinski definition) is 8. The molecular formula is C22H28N6O3S. The molecule has 0 saturated carbocycles. The van der Waals surface area contributed by atoms with Crippen LogP contribution in [-0.2, 0) is 16.1 Å². The Hall–Kier alpha value is -2.85. The van der Waals surface area contributed by atoms with Crippen LogP contribution in [0.4, 0.5) is 5.82 Å². The van der Waals surface area contributed by atoms with Crippen LogP contribution in [0.1, 0.15) is 12.5 Å². The Morgan fingerprint density at radius 3 is 2.91 bits per heavy atom. The van der Waals surface area contributed by atoms with Crippen LogP contribution in [-0.4, -0.2) is 70.9 Å². The highest BCUT2D eigenvalue weighted by Crippen LogP contribution is 2.27. The topological polar surface area (TPSA) is 94.4 Å². The van der Waals surface area contributed by atoms with Crippen molar-refractivity contribution in [2.24, 2.45) is 0 Å². The summed E-state index contributed by atoms with van der Waals surface area (Å²) in [5.74, 6) is 2.30. The lowest BCUT2D eigenvalue weighted by Crippen LogP contribution is -2.37. The first-order chi connectivity index (χ1) is 15.6. The fourth-order valence-electron chi connectivity index (χ4n) is 3.50. The molecule has 1 aliphatic rings. The Morgan fingerprint density at radius 1 is 1.28 bits per heavy atom. The summed E-state index contributed by atoms with van der Waals surface area (Å²) in [6, 6.07) is 7.64. The van der Waals surface area contributed by atoms with Crippen LogP contribution in [0.15, 0.2) is 35.6 Å². The van der Waals surface area contributed by atoms with E-state index in [1.807, 2.05) is 42.1 Å². The van der Waals surface area contributed by atoms with E-state index in [2.05, 4.69) is 22.2 Å². The maximum Gasteiger partial charge on any atom is 0.258 e. The van der Waals surface area contributed by atoms with Gasteiger partial charge in [-0.2, -0.15) is 5.10 Å². The third-order valence-corrected chi connectivity index (χ3v) is 5.77. The van der Waals surface area contributed by atoms with E-state index >= 15 is 0 Å². The second kappa shape index (κ2) is 10.6. The molecule has 0 unspecified atom stereocenters. The van der Waals surface area contributed by atoms with Gasteiger partial charge in [0.1, 0.15) is 11.6 Å². The largest absolute Gasteiger partial charge is 0.484 e. The van der Waals surface area contributed by atoms with Crippen LogP contribution < -0.4 is 15.0 Å². The van der Waals surface area contributed by atoms with Crippen molar-refractivity contribution in [3.63, 3.8) is 0 Å². The lowest BCUT2D eigenvalue weighted by molar-refractivity contribution is -0.123. The molecule has 2 aromatic heterocycles. The van der Waals surface area contributed by atoms with Crippen LogP contribution in [0.2, 0.25) is 0 Å². The van der Waals surface area contributed by atoms with Crippen LogP contribution in [0.5, 0.6) is 5.75 Å². The molecule has 10 heteroatoms. The van der Waals surface area contributed by atoms with E-state index < -0.39 is 0 Å². The van der Waals surface area contributed by atoms with Crippen molar-refractivity contribution in [2.45, 2.75) is 25.5 Å². The first-order valence-electron chi connectivity index (χ1n) is 10.8. The molecule has 1 amide bonds. The number of amides is 1. The van der Waals surface area contributed by atoms with Crippen molar-refractivity contribution in [2.75, 3.05) is 50.1 Å². The van der Waals surface area contributed by atoms with Crippen molar-refractivity contribution in [1.29, 1.82) is 0 Å². The predicted octanol–water partition coefficient (Wildman–Crippen LogP) is 2.28. The molecular weight excluding hydrogens is 428 g/mol. The lowest BCUT2D eigenvalue weighted by Gasteiger charge is -2.28. The van der Waals surface area contributed by atoms with Gasteiger partial charge in [0.2, 0.25) is 0 Å². The second-order valence-corrected chi connectivity index (χ2v) is 8.65. The number of carbonyl (C=O) groups is 1. The number of anilines is 1. The molecule has 0 atom stereocenters. The first-order valence-corrected chi connectivity index (χ1v) is 11.8. The number of aromatic nitrogens is 4. The normalized spacial score (nSPS) is 14.0. The zero-order valence-electron chi connectivity index (χ0n) is 18.4. The molecule has 0 aliphatic carbocycles. The predicted molar refractivity (Wildman–Crippen MR) is 124 cm³/mol. The van der Waals surface area contributed by atoms with Crippen molar-refractivity contribution < 1.29 is 14.3 Å². The monoisotopic (exact) mass is 456 g/mol. The van der Waals surface area contributed by atoms with Crippen molar-refractivity contribution in [3.8, 4) is 5.75 Å². The number of benzene rings is 1. The highest BCUT2D eigenvalue weighted by atomic mass is 32.2. The van der Waals surface area contributed by atoms with Gasteiger partial charge < -0.3 is 19.7 Å². The Morgan fingerprint density at radius 2 is 2.12 bits per heavy atom. The van der Waals surface area contributed by atoms with Gasteiger partial charge >= 0.3 is 0 Å². The van der Waals surface area contributed by atoms with Gasteiger partial charge in [-0.1, -0.05) is 30.8 Å². The molecule has 1 saturated heterocycles. The van der Waals surface area contributed by atoms with Gasteiger partial charge in [0, 0.05) is 19.6 Å². The fraction of sp³-hybridized carbons (Fsp3) is 0.455. The molecule has 0 bridgehead atoms. The van der Waals surface area contributed by atoms with Gasteiger partial charge in [0.25, 0.3) is 5.91 Å². The van der Waals surface area contributed by atoms with E-state index in [9.17, 15) is 4.79 Å². The Bertz CT molecular complexity index is 1070. The van der Waals surface area contributed by atoms with Gasteiger partial charge in [-0.05, 0) is 30.4 Å². The summed E-state index contributed by atoms with van der Waals surface area (Å²) < 4.78 is 12.9. The minimum absolute atomic E-state index is 0.0239. The molecule has 1 fully saturated rings. The van der Waals surface area contributed by atoms with Crippen molar-refractivity contribution in [3.05, 3.63) is 36.0 Å². The lowest BCUT2D eigenvalue weighted by atomic mass is 10.2. The number of nitrogens with one attached hydrogen (secondary N) is 1. The van der Waals surface area contributed by atoms with Crippen LogP contribution >= 0.6 is 11.8 Å². The van der Waals surface area contributed by atoms with E-state index in [0.29, 0.717) is 32.1 Å². The highest BCUT2D eigenvalue weighted by Gasteiger charge is 2.20. The number of carbonyl (C=O) groups excluding carboxylic acids is 1. The summed E-state index contributed by atoms with van der Waals surface area (Å²) in [5.41, 5.74) is 1.87. The molecule has 9 nitrogen and oxygen atoms in total. The molecule has 170 valence electrons. The minimum atomic E-state index is -0.172. The zero-order valence-corrected chi connectivity index (χ0v) is 19.2. The molecule has 1 aliphatic heterocycles. The van der Waals surface area contributed by atoms with Gasteiger partial charge in [0.05, 0.1) is 31.3 Å². The SMILES string of the molecule is CCSc1nc(N2CCOCC2)c2cnn(CCNC(=O)COc3cccc(C)c3)c2n1. The van der Waals surface area contributed by atoms with Crippen LogP contribution in [0.3, 0.4) is 0 Å². The Labute approximate surface area is 191 Å². The van der Waals surface area contributed by atoms with E-state index in [4.69, 9.17) is 19.4 Å². The van der Waals surface area contributed by atoms with Crippen molar-refractivity contribution in [1.82, 2.24) is 25.1 Å². The minimum Gasteiger partial charge on any atom is -0.484 e. The van der Waals surface area contributed by atoms with E-state index in [-0.39, 0.29) is 12.5 Å². The number of rotatable bonds is 9. The number of aryl methyl sites for hydroxylation is 1. The molecule has 32 heavy (non-hydrogen) atoms. The smallest absolute Gasteiger partial charge is 0.258 e. The van der Waals surface area contributed by atoms with Gasteiger partial charge in [-0.25, -0.2) is 14.6 Å². The number of morpholine rings is 1. The second-order valence-electron chi connectivity index (χ2n) is 7.42. The molecule has 1 N–H and O–H groups in total. The summed E-state index contributed by atoms with van der Waals surface area (Å²) >= 11 is 1.61. The van der Waals surface area contributed by atoms with Gasteiger partial charge in [-0.3, -0.25) is 4.79 Å². The average Bonchev–Trinajstić information content (AvgIpc) is 3.21. The quantitative estimate of drug-likeness (QED) is 0.387.